The van der Waals surface area contributed by atoms with Crippen molar-refractivity contribution in [3.05, 3.63) is 70.8 Å². The first-order valence-electron chi connectivity index (χ1n) is 6.97. The molecule has 0 bridgehead atoms. The van der Waals surface area contributed by atoms with Crippen LogP contribution in [0.15, 0.2) is 59.4 Å². The summed E-state index contributed by atoms with van der Waals surface area (Å²) in [4.78, 5) is 28.5. The van der Waals surface area contributed by atoms with Crippen LogP contribution < -0.4 is 10.9 Å². The maximum Gasteiger partial charge on any atom is 0.266 e. The van der Waals surface area contributed by atoms with Gasteiger partial charge in [-0.25, -0.2) is 4.98 Å². The molecule has 0 unspecified atom stereocenters. The van der Waals surface area contributed by atoms with Gasteiger partial charge in [0.1, 0.15) is 5.82 Å². The van der Waals surface area contributed by atoms with Gasteiger partial charge < -0.3 is 5.32 Å². The number of nitrogens with zero attached hydrogens (tertiary/aromatic N) is 2. The van der Waals surface area contributed by atoms with Crippen molar-refractivity contribution in [1.82, 2.24) is 14.9 Å². The average molecular weight is 293 g/mol. The third-order valence-corrected chi connectivity index (χ3v) is 3.36. The van der Waals surface area contributed by atoms with Crippen LogP contribution in [0.5, 0.6) is 0 Å². The molecular weight excluding hydrogens is 278 g/mol. The van der Waals surface area contributed by atoms with Crippen molar-refractivity contribution in [2.45, 2.75) is 13.5 Å². The van der Waals surface area contributed by atoms with Gasteiger partial charge in [0.15, 0.2) is 0 Å². The van der Waals surface area contributed by atoms with Crippen LogP contribution in [0.4, 0.5) is 0 Å². The van der Waals surface area contributed by atoms with E-state index in [1.54, 1.807) is 12.1 Å². The molecule has 0 atom stereocenters. The maximum absolute atomic E-state index is 12.8. The summed E-state index contributed by atoms with van der Waals surface area (Å²) < 4.78 is 1.54. The maximum atomic E-state index is 12.8. The molecule has 1 amide bonds. The summed E-state index contributed by atoms with van der Waals surface area (Å²) in [6.07, 6.45) is 0. The summed E-state index contributed by atoms with van der Waals surface area (Å²) >= 11 is 0. The van der Waals surface area contributed by atoms with Gasteiger partial charge in [-0.05, 0) is 24.3 Å². The van der Waals surface area contributed by atoms with Crippen molar-refractivity contribution >= 4 is 16.8 Å². The molecule has 0 aliphatic heterocycles. The highest BCUT2D eigenvalue weighted by atomic mass is 16.1. The fraction of sp³-hybridized carbons (Fsp3) is 0.118. The summed E-state index contributed by atoms with van der Waals surface area (Å²) in [7, 11) is 0. The minimum atomic E-state index is -0.165. The van der Waals surface area contributed by atoms with Gasteiger partial charge in [0.05, 0.1) is 23.1 Å². The molecule has 0 aliphatic carbocycles. The molecule has 1 heterocycles. The molecule has 0 aliphatic rings. The molecule has 0 fully saturated rings. The van der Waals surface area contributed by atoms with Gasteiger partial charge in [-0.15, -0.1) is 0 Å². The van der Waals surface area contributed by atoms with E-state index >= 15 is 0 Å². The summed E-state index contributed by atoms with van der Waals surface area (Å²) in [5, 5.41) is 3.26. The largest absolute Gasteiger partial charge is 0.349 e. The number of carbonyl (C=O) groups is 1. The first-order valence-corrected chi connectivity index (χ1v) is 6.97. The smallest absolute Gasteiger partial charge is 0.266 e. The van der Waals surface area contributed by atoms with Crippen molar-refractivity contribution in [3.8, 4) is 5.69 Å². The van der Waals surface area contributed by atoms with Crippen LogP contribution in [0, 0.1) is 0 Å². The number of benzene rings is 2. The topological polar surface area (TPSA) is 64.0 Å². The summed E-state index contributed by atoms with van der Waals surface area (Å²) in [6, 6.07) is 16.5. The Morgan fingerprint density at radius 1 is 1.09 bits per heavy atom. The fourth-order valence-electron chi connectivity index (χ4n) is 2.34. The molecule has 3 aromatic rings. The lowest BCUT2D eigenvalue weighted by molar-refractivity contribution is -0.119. The first kappa shape index (κ1) is 14.0. The van der Waals surface area contributed by atoms with E-state index in [0.29, 0.717) is 16.7 Å². The number of para-hydroxylation sites is 2. The molecule has 2 aromatic carbocycles. The molecule has 0 spiro atoms. The van der Waals surface area contributed by atoms with Crippen LogP contribution in [-0.4, -0.2) is 15.5 Å². The SMILES string of the molecule is CC(=O)NCc1nc2ccccc2c(=O)n1-c1ccccc1. The fourth-order valence-corrected chi connectivity index (χ4v) is 2.34. The number of amides is 1. The Labute approximate surface area is 127 Å². The van der Waals surface area contributed by atoms with Crippen LogP contribution in [-0.2, 0) is 11.3 Å². The van der Waals surface area contributed by atoms with Gasteiger partial charge in [0.25, 0.3) is 5.56 Å². The van der Waals surface area contributed by atoms with Crippen molar-refractivity contribution in [2.24, 2.45) is 0 Å². The van der Waals surface area contributed by atoms with Crippen LogP contribution in [0.1, 0.15) is 12.7 Å². The number of nitrogens with one attached hydrogen (secondary N) is 1. The Balaban J connectivity index is 2.26. The second-order valence-corrected chi connectivity index (χ2v) is 4.93. The van der Waals surface area contributed by atoms with Crippen LogP contribution in [0.2, 0.25) is 0 Å². The van der Waals surface area contributed by atoms with E-state index in [0.717, 1.165) is 5.69 Å². The van der Waals surface area contributed by atoms with E-state index in [4.69, 9.17) is 0 Å². The molecule has 22 heavy (non-hydrogen) atoms. The van der Waals surface area contributed by atoms with Gasteiger partial charge in [-0.3, -0.25) is 14.2 Å². The predicted molar refractivity (Wildman–Crippen MR) is 84.9 cm³/mol. The van der Waals surface area contributed by atoms with E-state index < -0.39 is 0 Å². The molecule has 0 radical (unpaired) electrons. The summed E-state index contributed by atoms with van der Waals surface area (Å²) in [5.41, 5.74) is 1.21. The Morgan fingerprint density at radius 2 is 1.77 bits per heavy atom. The molecule has 5 heteroatoms. The molecule has 1 N–H and O–H groups in total. The lowest BCUT2D eigenvalue weighted by Gasteiger charge is -2.13. The van der Waals surface area contributed by atoms with Crippen LogP contribution in [0.3, 0.4) is 0 Å². The Morgan fingerprint density at radius 3 is 2.50 bits per heavy atom. The molecule has 3 rings (SSSR count). The van der Waals surface area contributed by atoms with E-state index in [2.05, 4.69) is 10.3 Å². The summed E-state index contributed by atoms with van der Waals surface area (Å²) in [5.74, 6) is 0.340. The second kappa shape index (κ2) is 5.81. The average Bonchev–Trinajstić information content (AvgIpc) is 2.54. The molecule has 0 saturated carbocycles. The van der Waals surface area contributed by atoms with E-state index in [9.17, 15) is 9.59 Å². The monoisotopic (exact) mass is 293 g/mol. The first-order chi connectivity index (χ1) is 10.7. The molecule has 110 valence electrons. The van der Waals surface area contributed by atoms with Gasteiger partial charge in [-0.2, -0.15) is 0 Å². The minimum absolute atomic E-state index is 0.142. The van der Waals surface area contributed by atoms with Gasteiger partial charge in [-0.1, -0.05) is 30.3 Å². The zero-order valence-corrected chi connectivity index (χ0v) is 12.1. The third-order valence-electron chi connectivity index (χ3n) is 3.36. The predicted octanol–water partition coefficient (Wildman–Crippen LogP) is 2.02. The van der Waals surface area contributed by atoms with E-state index in [1.807, 2.05) is 42.5 Å². The van der Waals surface area contributed by atoms with Crippen molar-refractivity contribution in [1.29, 1.82) is 0 Å². The quantitative estimate of drug-likeness (QED) is 0.803. The highest BCUT2D eigenvalue weighted by Gasteiger charge is 2.12. The Kier molecular flexibility index (Phi) is 3.70. The molecule has 5 nitrogen and oxygen atoms in total. The van der Waals surface area contributed by atoms with Gasteiger partial charge in [0, 0.05) is 6.92 Å². The van der Waals surface area contributed by atoms with Crippen molar-refractivity contribution in [2.75, 3.05) is 0 Å². The highest BCUT2D eigenvalue weighted by Crippen LogP contribution is 2.12. The zero-order valence-electron chi connectivity index (χ0n) is 12.1. The second-order valence-electron chi connectivity index (χ2n) is 4.93. The van der Waals surface area contributed by atoms with Crippen LogP contribution in [0.25, 0.3) is 16.6 Å². The van der Waals surface area contributed by atoms with E-state index in [-0.39, 0.29) is 18.0 Å². The summed E-state index contributed by atoms with van der Waals surface area (Å²) in [6.45, 7) is 1.64. The number of fused-ring (bicyclic) bond motifs is 1. The van der Waals surface area contributed by atoms with Crippen molar-refractivity contribution < 1.29 is 4.79 Å². The third kappa shape index (κ3) is 2.61. The lowest BCUT2D eigenvalue weighted by atomic mass is 10.2. The molecule has 0 saturated heterocycles. The Hall–Kier alpha value is -2.95. The normalized spacial score (nSPS) is 10.6. The number of hydrogen-bond donors (Lipinski definition) is 1. The number of carbonyl (C=O) groups excluding carboxylic acids is 1. The number of rotatable bonds is 3. The Bertz CT molecular complexity index is 885. The highest BCUT2D eigenvalue weighted by molar-refractivity contribution is 5.78. The van der Waals surface area contributed by atoms with Gasteiger partial charge in [0.2, 0.25) is 5.91 Å². The number of hydrogen-bond acceptors (Lipinski definition) is 3. The zero-order chi connectivity index (χ0) is 15.5. The molecular formula is C17H15N3O2. The standard InChI is InChI=1S/C17H15N3O2/c1-12(21)18-11-16-19-15-10-6-5-9-14(15)17(22)20(16)13-7-3-2-4-8-13/h2-10H,11H2,1H3,(H,18,21). The molecule has 1 aromatic heterocycles. The number of aromatic nitrogens is 2. The van der Waals surface area contributed by atoms with Gasteiger partial charge >= 0.3 is 0 Å². The minimum Gasteiger partial charge on any atom is -0.349 e. The van der Waals surface area contributed by atoms with E-state index in [1.165, 1.54) is 11.5 Å². The van der Waals surface area contributed by atoms with Crippen LogP contribution >= 0.6 is 0 Å². The van der Waals surface area contributed by atoms with Crippen molar-refractivity contribution in [3.63, 3.8) is 0 Å². The lowest BCUT2D eigenvalue weighted by Crippen LogP contribution is -2.29.